The molecule has 172 valence electrons. The number of amides is 2. The predicted molar refractivity (Wildman–Crippen MR) is 123 cm³/mol. The number of ether oxygens (including phenoxy) is 1. The normalized spacial score (nSPS) is 15.8. The quantitative estimate of drug-likeness (QED) is 0.262. The van der Waals surface area contributed by atoms with Gasteiger partial charge in [-0.3, -0.25) is 0 Å². The average molecular weight is 489 g/mol. The van der Waals surface area contributed by atoms with E-state index in [0.717, 1.165) is 5.56 Å². The average Bonchev–Trinajstić information content (AvgIpc) is 3.37. The molecule has 3 heterocycles. The summed E-state index contributed by atoms with van der Waals surface area (Å²) in [5.41, 5.74) is 2.10. The zero-order valence-electron chi connectivity index (χ0n) is 17.8. The fraction of sp³-hybridized carbons (Fsp3) is 0.238. The van der Waals surface area contributed by atoms with Crippen LogP contribution in [-0.2, 0) is 9.53 Å². The van der Waals surface area contributed by atoms with Crippen LogP contribution in [-0.4, -0.2) is 39.2 Å². The highest BCUT2D eigenvalue weighted by Gasteiger charge is 2.34. The Balaban J connectivity index is 1.66. The zero-order chi connectivity index (χ0) is 23.5. The number of hydrogen-bond donors (Lipinski definition) is 3. The number of nitrogen functional groups attached to an aromatic ring is 1. The molecule has 10 nitrogen and oxygen atoms in total. The van der Waals surface area contributed by atoms with Crippen LogP contribution in [0.25, 0.3) is 11.4 Å². The number of rotatable bonds is 7. The SMILES string of the molecule is CCOC(=O)C1=C(CSc2nnc(-c3ccoc3C)n2N)NC(=O)NC1c1ccc(Cl)cc1. The number of nitrogens with one attached hydrogen (secondary N) is 2. The van der Waals surface area contributed by atoms with Gasteiger partial charge in [-0.1, -0.05) is 35.5 Å². The molecule has 1 atom stereocenters. The van der Waals surface area contributed by atoms with Crippen molar-refractivity contribution in [2.75, 3.05) is 18.2 Å². The largest absolute Gasteiger partial charge is 0.469 e. The molecular weight excluding hydrogens is 468 g/mol. The van der Waals surface area contributed by atoms with E-state index in [1.807, 2.05) is 0 Å². The molecule has 3 aromatic rings. The number of urea groups is 1. The summed E-state index contributed by atoms with van der Waals surface area (Å²) in [6, 6.07) is 7.49. The molecular formula is C21H21ClN6O4S. The number of aryl methyl sites for hydroxylation is 1. The maximum absolute atomic E-state index is 12.9. The first-order valence-corrected chi connectivity index (χ1v) is 11.4. The van der Waals surface area contributed by atoms with Crippen LogP contribution in [0.3, 0.4) is 0 Å². The number of aromatic nitrogens is 3. The number of halogens is 1. The predicted octanol–water partition coefficient (Wildman–Crippen LogP) is 3.18. The number of nitrogens with zero attached hydrogens (tertiary/aromatic N) is 3. The number of furan rings is 1. The van der Waals surface area contributed by atoms with E-state index in [-0.39, 0.29) is 12.4 Å². The third-order valence-corrected chi connectivity index (χ3v) is 6.18. The number of thioether (sulfide) groups is 1. The zero-order valence-corrected chi connectivity index (χ0v) is 19.4. The van der Waals surface area contributed by atoms with Gasteiger partial charge in [0.1, 0.15) is 5.76 Å². The maximum atomic E-state index is 12.9. The van der Waals surface area contributed by atoms with E-state index in [9.17, 15) is 9.59 Å². The summed E-state index contributed by atoms with van der Waals surface area (Å²) < 4.78 is 11.9. The molecule has 0 spiro atoms. The van der Waals surface area contributed by atoms with Crippen molar-refractivity contribution in [2.45, 2.75) is 25.0 Å². The minimum atomic E-state index is -0.703. The smallest absolute Gasteiger partial charge is 0.338 e. The second kappa shape index (κ2) is 9.59. The lowest BCUT2D eigenvalue weighted by atomic mass is 9.95. The minimum Gasteiger partial charge on any atom is -0.469 e. The van der Waals surface area contributed by atoms with Gasteiger partial charge in [0.15, 0.2) is 5.82 Å². The van der Waals surface area contributed by atoms with Gasteiger partial charge in [0.2, 0.25) is 5.16 Å². The van der Waals surface area contributed by atoms with E-state index in [4.69, 9.17) is 26.6 Å². The maximum Gasteiger partial charge on any atom is 0.338 e. The Hall–Kier alpha value is -3.44. The Bertz CT molecular complexity index is 1220. The first-order valence-electron chi connectivity index (χ1n) is 10.00. The standard InChI is InChI=1S/C21H21ClN6O4S/c1-3-31-19(29)16-15(24-20(30)25-17(16)12-4-6-13(22)7-5-12)10-33-21-27-26-18(28(21)23)14-8-9-32-11(14)2/h4-9,17H,3,10,23H2,1-2H3,(H2,24,25,30). The number of hydrogen-bond acceptors (Lipinski definition) is 8. The molecule has 0 saturated carbocycles. The first kappa shape index (κ1) is 22.7. The molecule has 1 aliphatic rings. The molecule has 33 heavy (non-hydrogen) atoms. The Morgan fingerprint density at radius 3 is 2.73 bits per heavy atom. The van der Waals surface area contributed by atoms with Crippen LogP contribution in [0.4, 0.5) is 4.79 Å². The highest BCUT2D eigenvalue weighted by Crippen LogP contribution is 2.32. The number of carbonyl (C=O) groups is 2. The fourth-order valence-electron chi connectivity index (χ4n) is 3.40. The van der Waals surface area contributed by atoms with E-state index in [1.165, 1.54) is 16.4 Å². The third-order valence-electron chi connectivity index (χ3n) is 4.96. The number of esters is 1. The van der Waals surface area contributed by atoms with Crippen LogP contribution in [0, 0.1) is 6.92 Å². The topological polar surface area (TPSA) is 137 Å². The van der Waals surface area contributed by atoms with Gasteiger partial charge in [-0.05, 0) is 37.6 Å². The van der Waals surface area contributed by atoms with E-state index in [1.54, 1.807) is 50.4 Å². The number of nitrogens with two attached hydrogens (primary N) is 1. The van der Waals surface area contributed by atoms with Crippen molar-refractivity contribution in [3.05, 3.63) is 64.2 Å². The van der Waals surface area contributed by atoms with Gasteiger partial charge in [-0.25, -0.2) is 14.3 Å². The van der Waals surface area contributed by atoms with Gasteiger partial charge in [0, 0.05) is 16.5 Å². The second-order valence-corrected chi connectivity index (χ2v) is 8.43. The number of carbonyl (C=O) groups excluding carboxylic acids is 2. The highest BCUT2D eigenvalue weighted by atomic mass is 35.5. The van der Waals surface area contributed by atoms with Crippen LogP contribution in [0.2, 0.25) is 5.02 Å². The molecule has 0 saturated heterocycles. The second-order valence-electron chi connectivity index (χ2n) is 7.05. The molecule has 0 bridgehead atoms. The fourth-order valence-corrected chi connectivity index (χ4v) is 4.35. The Labute approximate surface area is 198 Å². The Kier molecular flexibility index (Phi) is 6.61. The van der Waals surface area contributed by atoms with Gasteiger partial charge in [0.05, 0.1) is 30.0 Å². The van der Waals surface area contributed by atoms with E-state index in [0.29, 0.717) is 38.6 Å². The van der Waals surface area contributed by atoms with Gasteiger partial charge in [-0.2, -0.15) is 0 Å². The van der Waals surface area contributed by atoms with Crippen LogP contribution in [0.15, 0.2) is 57.4 Å². The van der Waals surface area contributed by atoms with Gasteiger partial charge >= 0.3 is 12.0 Å². The summed E-state index contributed by atoms with van der Waals surface area (Å²) in [4.78, 5) is 25.3. The summed E-state index contributed by atoms with van der Waals surface area (Å²) >= 11 is 7.22. The van der Waals surface area contributed by atoms with Crippen molar-refractivity contribution in [1.82, 2.24) is 25.5 Å². The molecule has 1 aliphatic heterocycles. The van der Waals surface area contributed by atoms with Crippen LogP contribution in [0.5, 0.6) is 0 Å². The van der Waals surface area contributed by atoms with Crippen LogP contribution >= 0.6 is 23.4 Å². The van der Waals surface area contributed by atoms with E-state index < -0.39 is 18.0 Å². The summed E-state index contributed by atoms with van der Waals surface area (Å²) in [5.74, 6) is 6.96. The van der Waals surface area contributed by atoms with Gasteiger partial charge in [0.25, 0.3) is 0 Å². The summed E-state index contributed by atoms with van der Waals surface area (Å²) in [6.07, 6.45) is 1.55. The molecule has 2 amide bonds. The molecule has 4 rings (SSSR count). The van der Waals surface area contributed by atoms with Crippen LogP contribution < -0.4 is 16.5 Å². The molecule has 0 radical (unpaired) electrons. The van der Waals surface area contributed by atoms with Crippen molar-refractivity contribution >= 4 is 35.4 Å². The van der Waals surface area contributed by atoms with Crippen LogP contribution in [0.1, 0.15) is 24.3 Å². The minimum absolute atomic E-state index is 0.189. The van der Waals surface area contributed by atoms with Crippen molar-refractivity contribution in [2.24, 2.45) is 0 Å². The van der Waals surface area contributed by atoms with E-state index >= 15 is 0 Å². The Morgan fingerprint density at radius 2 is 2.06 bits per heavy atom. The van der Waals surface area contributed by atoms with Crippen molar-refractivity contribution in [3.63, 3.8) is 0 Å². The molecule has 2 aromatic heterocycles. The summed E-state index contributed by atoms with van der Waals surface area (Å²) in [7, 11) is 0. The highest BCUT2D eigenvalue weighted by molar-refractivity contribution is 7.99. The van der Waals surface area contributed by atoms with Crippen molar-refractivity contribution in [1.29, 1.82) is 0 Å². The van der Waals surface area contributed by atoms with Crippen molar-refractivity contribution in [3.8, 4) is 11.4 Å². The molecule has 0 fully saturated rings. The molecule has 1 unspecified atom stereocenters. The molecule has 1 aromatic carbocycles. The lowest BCUT2D eigenvalue weighted by Gasteiger charge is -2.29. The lowest BCUT2D eigenvalue weighted by Crippen LogP contribution is -2.46. The Morgan fingerprint density at radius 1 is 1.30 bits per heavy atom. The monoisotopic (exact) mass is 488 g/mol. The molecule has 12 heteroatoms. The summed E-state index contributed by atoms with van der Waals surface area (Å²) in [5, 5.41) is 14.7. The number of benzene rings is 1. The lowest BCUT2D eigenvalue weighted by molar-refractivity contribution is -0.139. The van der Waals surface area contributed by atoms with Gasteiger partial charge < -0.3 is 25.6 Å². The molecule has 4 N–H and O–H groups in total. The van der Waals surface area contributed by atoms with E-state index in [2.05, 4.69) is 20.8 Å². The molecule has 0 aliphatic carbocycles. The summed E-state index contributed by atoms with van der Waals surface area (Å²) in [6.45, 7) is 3.71. The first-order chi connectivity index (χ1) is 15.9. The van der Waals surface area contributed by atoms with Crippen molar-refractivity contribution < 1.29 is 18.7 Å². The third kappa shape index (κ3) is 4.69. The van der Waals surface area contributed by atoms with Gasteiger partial charge in [-0.15, -0.1) is 10.2 Å².